The molecule has 18 heteroatoms. The molecule has 4 aromatic heterocycles. The number of aromatic nitrogens is 5. The molecule has 16 nitrogen and oxygen atoms in total. The molecule has 1 saturated carbocycles. The molecule has 4 atom stereocenters. The molecule has 9 heterocycles. The monoisotopic (exact) mass is 984 g/mol. The SMILES string of the molecule is Cn1nc(C2CCC(=O)NC2=O)c2cc(F)c(N3CCC4(CCN(CC5(COc6cc(OC7CC8CCC(C7)O8)nc(-c7noc8c7CCC[C@@]87CCCc8sc(N)c(C#N)c87)n6)CC5)CC4)CC3)cc21. The average molecular weight is 985 g/mol. The number of anilines is 2. The van der Waals surface area contributed by atoms with Gasteiger partial charge in [0.1, 0.15) is 23.0 Å². The summed E-state index contributed by atoms with van der Waals surface area (Å²) in [5.41, 5.74) is 11.4. The van der Waals surface area contributed by atoms with Crippen molar-refractivity contribution in [3.8, 4) is 29.3 Å². The molecule has 6 fully saturated rings. The van der Waals surface area contributed by atoms with E-state index in [9.17, 15) is 14.9 Å². The van der Waals surface area contributed by atoms with E-state index in [1.807, 2.05) is 19.2 Å². The number of ether oxygens (including phenoxy) is 3. The first-order valence-corrected chi connectivity index (χ1v) is 26.9. The highest BCUT2D eigenvalue weighted by atomic mass is 32.1. The minimum Gasteiger partial charge on any atom is -0.477 e. The number of hydrogen-bond acceptors (Lipinski definition) is 15. The molecule has 3 aliphatic carbocycles. The zero-order valence-corrected chi connectivity index (χ0v) is 41.2. The van der Waals surface area contributed by atoms with E-state index >= 15 is 4.39 Å². The summed E-state index contributed by atoms with van der Waals surface area (Å²) in [6, 6.07) is 7.69. The summed E-state index contributed by atoms with van der Waals surface area (Å²) in [6.07, 6.45) is 16.6. The lowest BCUT2D eigenvalue weighted by molar-refractivity contribution is -0.134. The second-order valence-corrected chi connectivity index (χ2v) is 23.4. The van der Waals surface area contributed by atoms with Crippen molar-refractivity contribution in [3.05, 3.63) is 57.0 Å². The van der Waals surface area contributed by atoms with Crippen molar-refractivity contribution in [2.75, 3.05) is 50.0 Å². The van der Waals surface area contributed by atoms with Crippen molar-refractivity contribution in [1.82, 2.24) is 35.1 Å². The standard InChI is InChI=1S/C53H61FN10O6S/c1-62-38-25-39(37(54)24-35(38)45(60-62)34-8-9-41(65)57-50(34)66)64-20-16-51(17-21-64)14-18-63(19-15-51)28-52(12-13-52)29-67-42-26-43(69-32-22-30-6-7-31(23-32)68-30)59-49(58-42)46-33-4-2-10-53(47(33)70-61-46)11-3-5-40-44(53)36(27-55)48(56)71-40/h24-26,30-32,34H,2-23,28-29,56H2,1H3,(H,57,65,66)/t30?,31?,32?,34?,53-/m0/s1. The fourth-order valence-corrected chi connectivity index (χ4v) is 15.0. The van der Waals surface area contributed by atoms with Crippen LogP contribution < -0.4 is 25.4 Å². The molecule has 13 rings (SSSR count). The number of likely N-dealkylation sites (tertiary alicyclic amines) is 1. The Morgan fingerprint density at radius 3 is 2.44 bits per heavy atom. The third-order valence-corrected chi connectivity index (χ3v) is 19.0. The van der Waals surface area contributed by atoms with Crippen molar-refractivity contribution >= 4 is 44.7 Å². The molecule has 8 aliphatic rings. The molecule has 2 spiro atoms. The minimum absolute atomic E-state index is 0.0100. The largest absolute Gasteiger partial charge is 0.477 e. The Hall–Kier alpha value is -5.64. The van der Waals surface area contributed by atoms with Crippen molar-refractivity contribution < 1.29 is 32.7 Å². The number of nitrogens with two attached hydrogens (primary N) is 1. The number of nitrogens with one attached hydrogen (secondary N) is 1. The number of nitrogens with zero attached hydrogens (tertiary/aromatic N) is 8. The molecule has 2 amide bonds. The Bertz CT molecular complexity index is 2980. The molecular formula is C53H61FN10O6S. The maximum Gasteiger partial charge on any atom is 0.235 e. The van der Waals surface area contributed by atoms with Crippen LogP contribution in [0.15, 0.2) is 22.7 Å². The van der Waals surface area contributed by atoms with Crippen LogP contribution in [0.3, 0.4) is 0 Å². The smallest absolute Gasteiger partial charge is 0.235 e. The molecule has 71 heavy (non-hydrogen) atoms. The highest BCUT2D eigenvalue weighted by molar-refractivity contribution is 7.16. The minimum atomic E-state index is -0.576. The predicted molar refractivity (Wildman–Crippen MR) is 262 cm³/mol. The second kappa shape index (κ2) is 17.3. The van der Waals surface area contributed by atoms with Crippen LogP contribution in [0.4, 0.5) is 15.1 Å². The second-order valence-electron chi connectivity index (χ2n) is 22.3. The summed E-state index contributed by atoms with van der Waals surface area (Å²) in [5, 5.41) is 23.2. The topological polar surface area (TPSA) is 200 Å². The van der Waals surface area contributed by atoms with Gasteiger partial charge in [-0.3, -0.25) is 19.6 Å². The lowest BCUT2D eigenvalue weighted by atomic mass is 9.63. The van der Waals surface area contributed by atoms with Crippen LogP contribution in [0, 0.1) is 28.0 Å². The van der Waals surface area contributed by atoms with Crippen molar-refractivity contribution in [3.63, 3.8) is 0 Å². The number of thiophene rings is 1. The number of halogens is 1. The first-order chi connectivity index (χ1) is 34.5. The summed E-state index contributed by atoms with van der Waals surface area (Å²) in [6.45, 7) is 5.13. The molecule has 5 saturated heterocycles. The molecule has 3 unspecified atom stereocenters. The summed E-state index contributed by atoms with van der Waals surface area (Å²) in [4.78, 5) is 40.5. The van der Waals surface area contributed by atoms with E-state index in [0.717, 1.165) is 158 Å². The van der Waals surface area contributed by atoms with Gasteiger partial charge in [-0.25, -0.2) is 4.39 Å². The van der Waals surface area contributed by atoms with E-state index in [0.29, 0.717) is 63.6 Å². The summed E-state index contributed by atoms with van der Waals surface area (Å²) in [7, 11) is 1.83. The average Bonchev–Trinajstić information content (AvgIpc) is 3.58. The van der Waals surface area contributed by atoms with E-state index < -0.39 is 11.3 Å². The number of rotatable bonds is 10. The van der Waals surface area contributed by atoms with Gasteiger partial charge in [0.15, 0.2) is 17.3 Å². The van der Waals surface area contributed by atoms with E-state index in [2.05, 4.69) is 26.3 Å². The van der Waals surface area contributed by atoms with Crippen LogP contribution in [0.5, 0.6) is 11.8 Å². The third-order valence-electron chi connectivity index (χ3n) is 17.9. The first-order valence-electron chi connectivity index (χ1n) is 26.1. The molecular weight excluding hydrogens is 924 g/mol. The van der Waals surface area contributed by atoms with Gasteiger partial charge in [-0.2, -0.15) is 20.3 Å². The lowest BCUT2D eigenvalue weighted by Gasteiger charge is -2.48. The zero-order chi connectivity index (χ0) is 48.2. The Labute approximate surface area is 415 Å². The van der Waals surface area contributed by atoms with E-state index in [1.54, 1.807) is 16.0 Å². The first kappa shape index (κ1) is 45.2. The Morgan fingerprint density at radius 2 is 1.69 bits per heavy atom. The number of hydrogen-bond donors (Lipinski definition) is 2. The van der Waals surface area contributed by atoms with Crippen molar-refractivity contribution in [2.45, 2.75) is 145 Å². The van der Waals surface area contributed by atoms with Gasteiger partial charge < -0.3 is 34.3 Å². The van der Waals surface area contributed by atoms with Gasteiger partial charge in [-0.15, -0.1) is 11.3 Å². The Kier molecular flexibility index (Phi) is 11.0. The van der Waals surface area contributed by atoms with E-state index in [4.69, 9.17) is 39.6 Å². The van der Waals surface area contributed by atoms with Gasteiger partial charge in [-0.05, 0) is 133 Å². The number of carbonyl (C=O) groups is 2. The number of nitrogen functional groups attached to an aromatic ring is 1. The number of fused-ring (bicyclic) bond motifs is 7. The summed E-state index contributed by atoms with van der Waals surface area (Å²) in [5.74, 6) is 0.675. The summed E-state index contributed by atoms with van der Waals surface area (Å²) >= 11 is 1.54. The molecule has 5 aromatic rings. The number of piperidine rings is 3. The Balaban J connectivity index is 0.683. The number of benzene rings is 1. The van der Waals surface area contributed by atoms with Crippen molar-refractivity contribution in [1.29, 1.82) is 5.26 Å². The molecule has 5 aliphatic heterocycles. The highest BCUT2D eigenvalue weighted by Crippen LogP contribution is 2.56. The van der Waals surface area contributed by atoms with Crippen LogP contribution in [0.1, 0.15) is 142 Å². The molecule has 1 aromatic carbocycles. The number of carbonyl (C=O) groups excluding carboxylic acids is 2. The van der Waals surface area contributed by atoms with Gasteiger partial charge in [-0.1, -0.05) is 5.16 Å². The highest BCUT2D eigenvalue weighted by Gasteiger charge is 2.50. The number of imide groups is 1. The number of nitriles is 1. The fraction of sp³-hybridized carbons (Fsp3) is 0.604. The van der Waals surface area contributed by atoms with Gasteiger partial charge in [0.25, 0.3) is 0 Å². The van der Waals surface area contributed by atoms with Gasteiger partial charge in [0, 0.05) is 67.2 Å². The van der Waals surface area contributed by atoms with Gasteiger partial charge in [0.2, 0.25) is 23.6 Å². The van der Waals surface area contributed by atoms with Gasteiger partial charge >= 0.3 is 0 Å². The Morgan fingerprint density at radius 1 is 0.944 bits per heavy atom. The molecule has 3 N–H and O–H groups in total. The third kappa shape index (κ3) is 7.96. The predicted octanol–water partition coefficient (Wildman–Crippen LogP) is 7.78. The zero-order valence-electron chi connectivity index (χ0n) is 40.4. The van der Waals surface area contributed by atoms with Gasteiger partial charge in [0.05, 0.1) is 58.7 Å². The quantitative estimate of drug-likeness (QED) is 0.129. The molecule has 0 radical (unpaired) electrons. The maximum atomic E-state index is 16.0. The van der Waals surface area contributed by atoms with E-state index in [-0.39, 0.29) is 53.2 Å². The lowest BCUT2D eigenvalue weighted by Crippen LogP contribution is -2.48. The van der Waals surface area contributed by atoms with Crippen LogP contribution in [-0.2, 0) is 39.6 Å². The van der Waals surface area contributed by atoms with Crippen LogP contribution in [-0.4, -0.2) is 99.3 Å². The maximum absolute atomic E-state index is 16.0. The number of amides is 2. The molecule has 372 valence electrons. The summed E-state index contributed by atoms with van der Waals surface area (Å²) < 4.78 is 43.6. The van der Waals surface area contributed by atoms with Crippen LogP contribution in [0.25, 0.3) is 22.4 Å². The van der Waals surface area contributed by atoms with Crippen molar-refractivity contribution in [2.24, 2.45) is 17.9 Å². The number of aryl methyl sites for hydroxylation is 2. The van der Waals surface area contributed by atoms with Crippen LogP contribution in [0.2, 0.25) is 0 Å². The van der Waals surface area contributed by atoms with E-state index in [1.165, 1.54) is 10.9 Å². The normalized spacial score (nSPS) is 27.6. The molecule has 2 bridgehead atoms. The fourth-order valence-electron chi connectivity index (χ4n) is 13.8. The van der Waals surface area contributed by atoms with Crippen LogP contribution >= 0.6 is 11.3 Å².